The molecule has 8 heteroatoms. The van der Waals surface area contributed by atoms with E-state index in [4.69, 9.17) is 0 Å². The Morgan fingerprint density at radius 3 is 2.56 bits per heavy atom. The molecule has 0 aliphatic rings. The van der Waals surface area contributed by atoms with Crippen LogP contribution in [0.25, 0.3) is 0 Å². The van der Waals surface area contributed by atoms with E-state index in [1.54, 1.807) is 10.3 Å². The number of thiazole rings is 1. The molecule has 27 heavy (non-hydrogen) atoms. The second-order valence-electron chi connectivity index (χ2n) is 6.86. The topological polar surface area (TPSA) is 78.8 Å². The van der Waals surface area contributed by atoms with Gasteiger partial charge in [0, 0.05) is 17.1 Å². The summed E-state index contributed by atoms with van der Waals surface area (Å²) < 4.78 is 0. The monoisotopic (exact) mass is 390 g/mol. The summed E-state index contributed by atoms with van der Waals surface area (Å²) in [5.41, 5.74) is 1.14. The number of likely N-dealkylation sites (N-methyl/N-ethyl adjacent to an activating group) is 1. The normalized spacial score (nSPS) is 10.9. The lowest BCUT2D eigenvalue weighted by molar-refractivity contribution is -0.856. The number of carbonyl (C=O) groups is 2. The number of amides is 3. The minimum absolute atomic E-state index is 0.00189. The molecule has 0 saturated carbocycles. The molecule has 0 spiro atoms. The van der Waals surface area contributed by atoms with Crippen LogP contribution < -0.4 is 15.5 Å². The maximum atomic E-state index is 12.6. The summed E-state index contributed by atoms with van der Waals surface area (Å²) in [5, 5.41) is 8.23. The average molecular weight is 391 g/mol. The molecule has 2 rings (SSSR count). The number of rotatable bonds is 8. The number of urea groups is 1. The van der Waals surface area contributed by atoms with Crippen molar-refractivity contribution in [2.75, 3.05) is 32.5 Å². The largest absolute Gasteiger partial charge is 0.345 e. The summed E-state index contributed by atoms with van der Waals surface area (Å²) in [6, 6.07) is 9.15. The Balaban J connectivity index is 1.97. The van der Waals surface area contributed by atoms with Crippen molar-refractivity contribution in [2.24, 2.45) is 0 Å². The number of aromatic nitrogens is 1. The summed E-state index contributed by atoms with van der Waals surface area (Å²) in [5.74, 6) is -0.177. The van der Waals surface area contributed by atoms with Crippen molar-refractivity contribution < 1.29 is 14.5 Å². The van der Waals surface area contributed by atoms with Crippen LogP contribution in [0.1, 0.15) is 29.3 Å². The SMILES string of the molecule is CC(C)N(Cc1nc(C(=O)NCC[NH+](C)C)cs1)C(=O)Nc1ccccc1. The van der Waals surface area contributed by atoms with E-state index < -0.39 is 0 Å². The minimum Gasteiger partial charge on any atom is -0.345 e. The van der Waals surface area contributed by atoms with Gasteiger partial charge in [-0.05, 0) is 26.0 Å². The second kappa shape index (κ2) is 10.0. The van der Waals surface area contributed by atoms with Crippen LogP contribution in [-0.2, 0) is 6.54 Å². The predicted molar refractivity (Wildman–Crippen MR) is 108 cm³/mol. The zero-order valence-electron chi connectivity index (χ0n) is 16.3. The van der Waals surface area contributed by atoms with Crippen LogP contribution >= 0.6 is 11.3 Å². The van der Waals surface area contributed by atoms with Crippen molar-refractivity contribution in [1.82, 2.24) is 15.2 Å². The van der Waals surface area contributed by atoms with Gasteiger partial charge in [0.1, 0.15) is 10.7 Å². The number of carbonyl (C=O) groups excluding carboxylic acids is 2. The van der Waals surface area contributed by atoms with E-state index >= 15 is 0 Å². The molecule has 7 nitrogen and oxygen atoms in total. The molecule has 0 aliphatic carbocycles. The molecule has 3 N–H and O–H groups in total. The van der Waals surface area contributed by atoms with E-state index in [9.17, 15) is 9.59 Å². The Hall–Kier alpha value is -2.45. The lowest BCUT2D eigenvalue weighted by Gasteiger charge is -2.26. The first-order chi connectivity index (χ1) is 12.9. The van der Waals surface area contributed by atoms with Gasteiger partial charge in [-0.3, -0.25) is 4.79 Å². The van der Waals surface area contributed by atoms with Crippen molar-refractivity contribution in [1.29, 1.82) is 0 Å². The number of nitrogens with zero attached hydrogens (tertiary/aromatic N) is 2. The molecule has 0 fully saturated rings. The van der Waals surface area contributed by atoms with Crippen molar-refractivity contribution in [3.05, 3.63) is 46.4 Å². The van der Waals surface area contributed by atoms with E-state index in [0.29, 0.717) is 18.8 Å². The highest BCUT2D eigenvalue weighted by molar-refractivity contribution is 7.09. The standard InChI is InChI=1S/C19H27N5O2S/c1-14(2)24(19(26)21-15-8-6-5-7-9-15)12-17-22-16(13-27-17)18(25)20-10-11-23(3)4/h5-9,13-14H,10-12H2,1-4H3,(H,20,25)(H,21,26)/p+1. The van der Waals surface area contributed by atoms with Gasteiger partial charge in [0.05, 0.1) is 33.7 Å². The zero-order chi connectivity index (χ0) is 19.8. The second-order valence-corrected chi connectivity index (χ2v) is 7.80. The molecule has 1 aromatic heterocycles. The van der Waals surface area contributed by atoms with Crippen LogP contribution in [0, 0.1) is 0 Å². The van der Waals surface area contributed by atoms with Gasteiger partial charge in [-0.2, -0.15) is 0 Å². The number of quaternary nitrogens is 1. The first-order valence-electron chi connectivity index (χ1n) is 9.01. The number of benzene rings is 1. The minimum atomic E-state index is -0.189. The first kappa shape index (κ1) is 20.9. The van der Waals surface area contributed by atoms with Crippen LogP contribution in [-0.4, -0.2) is 55.0 Å². The van der Waals surface area contributed by atoms with E-state index in [2.05, 4.69) is 15.6 Å². The van der Waals surface area contributed by atoms with E-state index in [0.717, 1.165) is 17.2 Å². The molecule has 0 unspecified atom stereocenters. The van der Waals surface area contributed by atoms with E-state index in [1.807, 2.05) is 58.3 Å². The van der Waals surface area contributed by atoms with Gasteiger partial charge in [-0.25, -0.2) is 9.78 Å². The summed E-state index contributed by atoms with van der Waals surface area (Å²) in [6.07, 6.45) is 0. The lowest BCUT2D eigenvalue weighted by atomic mass is 10.3. The highest BCUT2D eigenvalue weighted by atomic mass is 32.1. The van der Waals surface area contributed by atoms with E-state index in [1.165, 1.54) is 16.2 Å². The van der Waals surface area contributed by atoms with Crippen LogP contribution in [0.3, 0.4) is 0 Å². The molecule has 0 saturated heterocycles. The van der Waals surface area contributed by atoms with Crippen molar-refractivity contribution in [3.8, 4) is 0 Å². The fourth-order valence-electron chi connectivity index (χ4n) is 2.36. The van der Waals surface area contributed by atoms with Gasteiger partial charge >= 0.3 is 6.03 Å². The van der Waals surface area contributed by atoms with Gasteiger partial charge < -0.3 is 20.4 Å². The zero-order valence-corrected chi connectivity index (χ0v) is 17.1. The Morgan fingerprint density at radius 1 is 1.22 bits per heavy atom. The molecule has 0 bridgehead atoms. The number of hydrogen-bond acceptors (Lipinski definition) is 4. The molecular formula is C19H28N5O2S+. The van der Waals surface area contributed by atoms with Crippen molar-refractivity contribution in [2.45, 2.75) is 26.4 Å². The smallest absolute Gasteiger partial charge is 0.322 e. The third-order valence-electron chi connectivity index (χ3n) is 3.91. The van der Waals surface area contributed by atoms with Crippen molar-refractivity contribution >= 4 is 29.0 Å². The van der Waals surface area contributed by atoms with Crippen LogP contribution in [0.5, 0.6) is 0 Å². The maximum Gasteiger partial charge on any atom is 0.322 e. The third-order valence-corrected chi connectivity index (χ3v) is 4.74. The van der Waals surface area contributed by atoms with Gasteiger partial charge in [-0.1, -0.05) is 18.2 Å². The fourth-order valence-corrected chi connectivity index (χ4v) is 3.13. The summed E-state index contributed by atoms with van der Waals surface area (Å²) in [4.78, 5) is 32.1. The maximum absolute atomic E-state index is 12.6. The number of hydrogen-bond donors (Lipinski definition) is 3. The molecular weight excluding hydrogens is 362 g/mol. The van der Waals surface area contributed by atoms with Crippen LogP contribution in [0.15, 0.2) is 35.7 Å². The number of para-hydroxylation sites is 1. The molecule has 0 aliphatic heterocycles. The summed E-state index contributed by atoms with van der Waals surface area (Å²) >= 11 is 1.39. The lowest BCUT2D eigenvalue weighted by Crippen LogP contribution is -3.06. The summed E-state index contributed by atoms with van der Waals surface area (Å²) in [7, 11) is 4.07. The average Bonchev–Trinajstić information content (AvgIpc) is 3.08. The molecule has 1 aromatic carbocycles. The molecule has 3 amide bonds. The Bertz CT molecular complexity index is 746. The molecule has 0 atom stereocenters. The Kier molecular flexibility index (Phi) is 7.75. The quantitative estimate of drug-likeness (QED) is 0.639. The third kappa shape index (κ3) is 6.65. The Labute approximate surface area is 164 Å². The van der Waals surface area contributed by atoms with Gasteiger partial charge in [0.25, 0.3) is 5.91 Å². The molecule has 1 heterocycles. The van der Waals surface area contributed by atoms with Crippen LogP contribution in [0.4, 0.5) is 10.5 Å². The highest BCUT2D eigenvalue weighted by Crippen LogP contribution is 2.16. The fraction of sp³-hybridized carbons (Fsp3) is 0.421. The van der Waals surface area contributed by atoms with Gasteiger partial charge in [0.2, 0.25) is 0 Å². The van der Waals surface area contributed by atoms with Gasteiger partial charge in [-0.15, -0.1) is 11.3 Å². The first-order valence-corrected chi connectivity index (χ1v) is 9.89. The highest BCUT2D eigenvalue weighted by Gasteiger charge is 2.20. The molecule has 2 aromatic rings. The number of nitrogens with one attached hydrogen (secondary N) is 3. The van der Waals surface area contributed by atoms with Crippen molar-refractivity contribution in [3.63, 3.8) is 0 Å². The number of anilines is 1. The summed E-state index contributed by atoms with van der Waals surface area (Å²) in [6.45, 7) is 5.72. The predicted octanol–water partition coefficient (Wildman–Crippen LogP) is 1.46. The van der Waals surface area contributed by atoms with E-state index in [-0.39, 0.29) is 18.0 Å². The molecule has 146 valence electrons. The molecule has 0 radical (unpaired) electrons. The Morgan fingerprint density at radius 2 is 1.93 bits per heavy atom. The van der Waals surface area contributed by atoms with Crippen LogP contribution in [0.2, 0.25) is 0 Å². The van der Waals surface area contributed by atoms with Gasteiger partial charge in [0.15, 0.2) is 0 Å².